The van der Waals surface area contributed by atoms with E-state index in [1.807, 2.05) is 0 Å². The zero-order valence-corrected chi connectivity index (χ0v) is 15.8. The van der Waals surface area contributed by atoms with Gasteiger partial charge in [-0.25, -0.2) is 8.42 Å². The van der Waals surface area contributed by atoms with Crippen LogP contribution in [0.4, 0.5) is 8.78 Å². The van der Waals surface area contributed by atoms with Gasteiger partial charge in [-0.1, -0.05) is 32.4 Å². The number of alkyl halides is 2. The maximum absolute atomic E-state index is 13.0. The Morgan fingerprint density at radius 2 is 1.38 bits per heavy atom. The van der Waals surface area contributed by atoms with E-state index in [1.54, 1.807) is 0 Å². The number of benzene rings is 1. The number of hydrogen-bond acceptors (Lipinski definition) is 5. The van der Waals surface area contributed by atoms with E-state index in [1.165, 1.54) is 19.6 Å². The van der Waals surface area contributed by atoms with Gasteiger partial charge >= 0.3 is 14.7 Å². The van der Waals surface area contributed by atoms with Crippen molar-refractivity contribution in [2.45, 2.75) is 30.3 Å². The van der Waals surface area contributed by atoms with Gasteiger partial charge in [-0.2, -0.15) is 17.2 Å². The molecule has 0 saturated carbocycles. The Labute approximate surface area is 146 Å². The van der Waals surface area contributed by atoms with Crippen LogP contribution in [0.25, 0.3) is 0 Å². The fraction of sp³-hybridized carbons (Fsp3) is 0.538. The van der Waals surface area contributed by atoms with Crippen molar-refractivity contribution in [1.29, 1.82) is 0 Å². The summed E-state index contributed by atoms with van der Waals surface area (Å²) in [7, 11) is -11.6. The predicted molar refractivity (Wildman–Crippen MR) is 88.6 cm³/mol. The molecule has 140 valence electrons. The van der Waals surface area contributed by atoms with E-state index in [-0.39, 0.29) is 5.02 Å². The second-order valence-corrected chi connectivity index (χ2v) is 8.66. The summed E-state index contributed by atoms with van der Waals surface area (Å²) in [4.78, 5) is 1.41. The van der Waals surface area contributed by atoms with Crippen LogP contribution in [0.2, 0.25) is 5.02 Å². The topological polar surface area (TPSA) is 91.8 Å². The first kappa shape index (κ1) is 23.2. The molecule has 1 aromatic carbocycles. The number of rotatable bonds is 6. The minimum atomic E-state index is -6.07. The maximum Gasteiger partial charge on any atom is 0.474 e. The number of hydrogen-bond donors (Lipinski definition) is 1. The molecule has 24 heavy (non-hydrogen) atoms. The van der Waals surface area contributed by atoms with Crippen molar-refractivity contribution in [3.05, 3.63) is 29.3 Å². The molecule has 6 nitrogen and oxygen atoms in total. The average Bonchev–Trinajstić information content (AvgIpc) is 2.49. The highest BCUT2D eigenvalue weighted by atomic mass is 35.5. The molecule has 0 fully saturated rings. The van der Waals surface area contributed by atoms with Crippen molar-refractivity contribution in [2.24, 2.45) is 0 Å². The second-order valence-electron chi connectivity index (χ2n) is 4.52. The molecule has 0 unspecified atom stereocenters. The molecule has 0 heterocycles. The van der Waals surface area contributed by atoms with Crippen LogP contribution in [-0.4, -0.2) is 50.5 Å². The van der Waals surface area contributed by atoms with Crippen LogP contribution in [0.15, 0.2) is 29.2 Å². The monoisotopic (exact) mass is 407 g/mol. The molecule has 1 rings (SSSR count). The molecular formula is C13H20ClF2NO5S2. The lowest BCUT2D eigenvalue weighted by atomic mass is 10.4. The lowest BCUT2D eigenvalue weighted by molar-refractivity contribution is 0.166. The highest BCUT2D eigenvalue weighted by Crippen LogP contribution is 2.33. The minimum absolute atomic E-state index is 0.0825. The Balaban J connectivity index is 0.000000640. The van der Waals surface area contributed by atoms with Gasteiger partial charge in [0.2, 0.25) is 0 Å². The maximum atomic E-state index is 13.0. The molecule has 0 aliphatic carbocycles. The van der Waals surface area contributed by atoms with Gasteiger partial charge in [-0.05, 0) is 43.9 Å². The Morgan fingerprint density at radius 1 is 1.00 bits per heavy atom. The van der Waals surface area contributed by atoms with Gasteiger partial charge in [0.15, 0.2) is 0 Å². The fourth-order valence-corrected chi connectivity index (χ4v) is 3.85. The van der Waals surface area contributed by atoms with Gasteiger partial charge in [0, 0.05) is 5.02 Å². The third-order valence-electron chi connectivity index (χ3n) is 3.08. The Morgan fingerprint density at radius 3 is 1.62 bits per heavy atom. The van der Waals surface area contributed by atoms with Crippen molar-refractivity contribution in [3.63, 3.8) is 0 Å². The number of sulfone groups is 1. The molecule has 0 spiro atoms. The molecule has 11 heteroatoms. The zero-order chi connectivity index (χ0) is 19.2. The normalized spacial score (nSPS) is 12.7. The van der Waals surface area contributed by atoms with E-state index in [9.17, 15) is 25.6 Å². The lowest BCUT2D eigenvalue weighted by Gasteiger charge is -2.13. The SMILES string of the molecule is CCN(CC)CC.O=S(=O)(O)C(F)(F)S(=O)(=O)c1ccc(Cl)cc1. The number of halogens is 3. The third-order valence-corrected chi connectivity index (χ3v) is 6.74. The first-order chi connectivity index (χ1) is 10.8. The molecule has 0 aromatic heterocycles. The predicted octanol–water partition coefficient (Wildman–Crippen LogP) is 2.90. The van der Waals surface area contributed by atoms with Crippen LogP contribution in [0.3, 0.4) is 0 Å². The van der Waals surface area contributed by atoms with E-state index >= 15 is 0 Å². The Bertz CT molecular complexity index is 712. The third kappa shape index (κ3) is 5.62. The van der Waals surface area contributed by atoms with Crippen LogP contribution in [-0.2, 0) is 20.0 Å². The molecule has 0 atom stereocenters. The van der Waals surface area contributed by atoms with E-state index in [0.717, 1.165) is 12.1 Å². The van der Waals surface area contributed by atoms with E-state index in [2.05, 4.69) is 25.7 Å². The minimum Gasteiger partial charge on any atom is -0.304 e. The summed E-state index contributed by atoms with van der Waals surface area (Å²) in [5.74, 6) is 0. The van der Waals surface area contributed by atoms with Crippen LogP contribution in [0, 0.1) is 0 Å². The first-order valence-electron chi connectivity index (χ1n) is 6.92. The molecular weight excluding hydrogens is 388 g/mol. The van der Waals surface area contributed by atoms with Gasteiger partial charge in [0.1, 0.15) is 0 Å². The summed E-state index contributed by atoms with van der Waals surface area (Å²) >= 11 is 5.42. The van der Waals surface area contributed by atoms with Crippen molar-refractivity contribution in [3.8, 4) is 0 Å². The summed E-state index contributed by atoms with van der Waals surface area (Å²) in [6.07, 6.45) is 0. The highest BCUT2D eigenvalue weighted by molar-refractivity contribution is 8.07. The zero-order valence-electron chi connectivity index (χ0n) is 13.4. The molecule has 0 saturated heterocycles. The van der Waals surface area contributed by atoms with E-state index in [0.29, 0.717) is 12.1 Å². The first-order valence-corrected chi connectivity index (χ1v) is 10.2. The summed E-state index contributed by atoms with van der Waals surface area (Å²) in [6.45, 7) is 10.1. The van der Waals surface area contributed by atoms with Gasteiger partial charge in [-0.3, -0.25) is 4.55 Å². The molecule has 0 bridgehead atoms. The molecule has 0 aliphatic heterocycles. The number of nitrogens with zero attached hydrogens (tertiary/aromatic N) is 1. The van der Waals surface area contributed by atoms with Gasteiger partial charge in [0.25, 0.3) is 9.84 Å². The van der Waals surface area contributed by atoms with Crippen LogP contribution >= 0.6 is 11.6 Å². The summed E-state index contributed by atoms with van der Waals surface area (Å²) < 4.78 is 72.2. The average molecular weight is 408 g/mol. The van der Waals surface area contributed by atoms with Gasteiger partial charge in [-0.15, -0.1) is 0 Å². The van der Waals surface area contributed by atoms with Crippen molar-refractivity contribution in [1.82, 2.24) is 4.90 Å². The smallest absolute Gasteiger partial charge is 0.304 e. The van der Waals surface area contributed by atoms with E-state index < -0.39 is 29.4 Å². The van der Waals surface area contributed by atoms with Crippen molar-refractivity contribution < 1.29 is 30.2 Å². The molecule has 1 aromatic rings. The molecule has 0 aliphatic rings. The van der Waals surface area contributed by atoms with Crippen LogP contribution < -0.4 is 0 Å². The van der Waals surface area contributed by atoms with Gasteiger partial charge < -0.3 is 4.90 Å². The summed E-state index contributed by atoms with van der Waals surface area (Å²) in [6, 6.07) is 3.40. The van der Waals surface area contributed by atoms with Crippen molar-refractivity contribution >= 4 is 31.6 Å². The fourth-order valence-electron chi connectivity index (χ4n) is 1.56. The van der Waals surface area contributed by atoms with Crippen LogP contribution in [0.1, 0.15) is 20.8 Å². The summed E-state index contributed by atoms with van der Waals surface area (Å²) in [5, 5.41) is 0.0825. The standard InChI is InChI=1S/C7H5ClF2O5S2.C6H15N/c8-5-1-3-6(4-2-5)16(11,12)7(9,10)17(13,14)15;1-4-7(5-2)6-3/h1-4H,(H,13,14,15);4-6H2,1-3H3. The summed E-state index contributed by atoms with van der Waals surface area (Å²) in [5.41, 5.74) is 0. The van der Waals surface area contributed by atoms with E-state index in [4.69, 9.17) is 16.2 Å². The van der Waals surface area contributed by atoms with Gasteiger partial charge in [0.05, 0.1) is 4.90 Å². The largest absolute Gasteiger partial charge is 0.474 e. The highest BCUT2D eigenvalue weighted by Gasteiger charge is 2.58. The Kier molecular flexibility index (Phi) is 8.74. The second kappa shape index (κ2) is 9.04. The molecule has 1 N–H and O–H groups in total. The quantitative estimate of drug-likeness (QED) is 0.729. The lowest BCUT2D eigenvalue weighted by Crippen LogP contribution is -2.37. The Hall–Kier alpha value is -0.810. The molecule has 0 radical (unpaired) electrons. The molecule has 0 amide bonds. The van der Waals surface area contributed by atoms with Crippen LogP contribution in [0.5, 0.6) is 0 Å². The van der Waals surface area contributed by atoms with Crippen molar-refractivity contribution in [2.75, 3.05) is 19.6 Å².